The number of nitrogens with zero attached hydrogens (tertiary/aromatic N) is 2. The molecule has 0 unspecified atom stereocenters. The molecule has 0 bridgehead atoms. The van der Waals surface area contributed by atoms with Gasteiger partial charge in [0.2, 0.25) is 5.91 Å². The molecule has 0 saturated heterocycles. The Labute approximate surface area is 112 Å². The molecule has 0 aliphatic rings. The fraction of sp³-hybridized carbons (Fsp3) is 0.182. The number of benzene rings is 1. The molecule has 0 atom stereocenters. The number of nitro groups is 1. The minimum atomic E-state index is -1.40. The van der Waals surface area contributed by atoms with Gasteiger partial charge in [-0.15, -0.1) is 0 Å². The Morgan fingerprint density at radius 1 is 1.25 bits per heavy atom. The maximum absolute atomic E-state index is 11.9. The van der Waals surface area contributed by atoms with Gasteiger partial charge >= 0.3 is 5.97 Å². The van der Waals surface area contributed by atoms with Crippen molar-refractivity contribution in [2.75, 3.05) is 7.05 Å². The van der Waals surface area contributed by atoms with Crippen LogP contribution in [-0.4, -0.2) is 39.9 Å². The third-order valence-electron chi connectivity index (χ3n) is 2.25. The second kappa shape index (κ2) is 5.78. The van der Waals surface area contributed by atoms with E-state index in [9.17, 15) is 24.5 Å². The molecule has 0 saturated carbocycles. The van der Waals surface area contributed by atoms with Crippen LogP contribution in [-0.2, 0) is 4.79 Å². The minimum Gasteiger partial charge on any atom is -0.478 e. The number of hydrazine groups is 1. The van der Waals surface area contributed by atoms with Crippen LogP contribution in [0.2, 0.25) is 0 Å². The fourth-order valence-corrected chi connectivity index (χ4v) is 1.44. The van der Waals surface area contributed by atoms with Crippen LogP contribution >= 0.6 is 0 Å². The zero-order valence-electron chi connectivity index (χ0n) is 10.6. The predicted molar refractivity (Wildman–Crippen MR) is 66.0 cm³/mol. The lowest BCUT2D eigenvalue weighted by atomic mass is 10.1. The summed E-state index contributed by atoms with van der Waals surface area (Å²) >= 11 is 0. The van der Waals surface area contributed by atoms with Crippen molar-refractivity contribution in [1.29, 1.82) is 0 Å². The van der Waals surface area contributed by atoms with Crippen LogP contribution in [0.15, 0.2) is 18.2 Å². The van der Waals surface area contributed by atoms with Crippen molar-refractivity contribution in [2.45, 2.75) is 6.92 Å². The van der Waals surface area contributed by atoms with Crippen molar-refractivity contribution in [3.05, 3.63) is 39.4 Å². The van der Waals surface area contributed by atoms with Gasteiger partial charge in [0, 0.05) is 31.7 Å². The average Bonchev–Trinajstić information content (AvgIpc) is 2.36. The molecule has 20 heavy (non-hydrogen) atoms. The standard InChI is InChI=1S/C11H11N3O6/c1-6(15)12-13(2)10(16)7-3-8(11(17)18)5-9(4-7)14(19)20/h3-5H,1-2H3,(H,12,15)(H,17,18). The first-order valence-electron chi connectivity index (χ1n) is 5.30. The normalized spacial score (nSPS) is 9.70. The molecule has 0 aromatic heterocycles. The van der Waals surface area contributed by atoms with Gasteiger partial charge in [0.25, 0.3) is 11.6 Å². The molecule has 106 valence electrons. The fourth-order valence-electron chi connectivity index (χ4n) is 1.44. The van der Waals surface area contributed by atoms with Crippen LogP contribution in [0.4, 0.5) is 5.69 Å². The van der Waals surface area contributed by atoms with E-state index < -0.39 is 34.0 Å². The van der Waals surface area contributed by atoms with Gasteiger partial charge in [-0.3, -0.25) is 30.1 Å². The molecule has 1 rings (SSSR count). The molecule has 0 fully saturated rings. The zero-order chi connectivity index (χ0) is 15.4. The summed E-state index contributed by atoms with van der Waals surface area (Å²) in [6.07, 6.45) is 0. The van der Waals surface area contributed by atoms with Crippen LogP contribution in [0.5, 0.6) is 0 Å². The number of carbonyl (C=O) groups is 3. The summed E-state index contributed by atoms with van der Waals surface area (Å²) in [4.78, 5) is 43.6. The van der Waals surface area contributed by atoms with Gasteiger partial charge in [0.1, 0.15) is 0 Å². The van der Waals surface area contributed by atoms with Gasteiger partial charge in [-0.25, -0.2) is 4.79 Å². The number of carboxylic acid groups (broad SMARTS) is 1. The number of nitro benzene ring substituents is 1. The van der Waals surface area contributed by atoms with Crippen LogP contribution in [0.3, 0.4) is 0 Å². The van der Waals surface area contributed by atoms with Crippen molar-refractivity contribution in [3.63, 3.8) is 0 Å². The van der Waals surface area contributed by atoms with Crippen molar-refractivity contribution >= 4 is 23.5 Å². The van der Waals surface area contributed by atoms with Crippen LogP contribution in [0, 0.1) is 10.1 Å². The maximum Gasteiger partial charge on any atom is 0.335 e. The van der Waals surface area contributed by atoms with E-state index in [-0.39, 0.29) is 5.56 Å². The Bertz CT molecular complexity index is 566. The van der Waals surface area contributed by atoms with Crippen molar-refractivity contribution in [3.8, 4) is 0 Å². The molecule has 2 N–H and O–H groups in total. The van der Waals surface area contributed by atoms with Gasteiger partial charge in [-0.1, -0.05) is 0 Å². The molecule has 1 aromatic carbocycles. The van der Waals surface area contributed by atoms with Gasteiger partial charge in [-0.2, -0.15) is 0 Å². The summed E-state index contributed by atoms with van der Waals surface area (Å²) in [6, 6.07) is 2.78. The molecule has 9 heteroatoms. The van der Waals surface area contributed by atoms with Crippen LogP contribution < -0.4 is 5.43 Å². The highest BCUT2D eigenvalue weighted by Crippen LogP contribution is 2.18. The van der Waals surface area contributed by atoms with Gasteiger partial charge in [0.05, 0.1) is 10.5 Å². The van der Waals surface area contributed by atoms with Crippen LogP contribution in [0.1, 0.15) is 27.6 Å². The summed E-state index contributed by atoms with van der Waals surface area (Å²) in [5.74, 6) is -2.68. The Hall–Kier alpha value is -2.97. The van der Waals surface area contributed by atoms with E-state index in [0.717, 1.165) is 23.2 Å². The number of hydrogen-bond acceptors (Lipinski definition) is 5. The molecule has 0 aliphatic carbocycles. The minimum absolute atomic E-state index is 0.215. The average molecular weight is 281 g/mol. The molecule has 9 nitrogen and oxygen atoms in total. The highest BCUT2D eigenvalue weighted by molar-refractivity contribution is 5.99. The molecule has 1 aromatic rings. The van der Waals surface area contributed by atoms with Gasteiger partial charge in [0.15, 0.2) is 0 Å². The zero-order valence-corrected chi connectivity index (χ0v) is 10.6. The van der Waals surface area contributed by atoms with E-state index in [0.29, 0.717) is 0 Å². The molecular formula is C11H11N3O6. The van der Waals surface area contributed by atoms with E-state index in [1.54, 1.807) is 0 Å². The van der Waals surface area contributed by atoms with Crippen LogP contribution in [0.25, 0.3) is 0 Å². The van der Waals surface area contributed by atoms with E-state index in [1.807, 2.05) is 0 Å². The molecule has 2 amide bonds. The number of amides is 2. The van der Waals surface area contributed by atoms with E-state index >= 15 is 0 Å². The number of aromatic carboxylic acids is 1. The quantitative estimate of drug-likeness (QED) is 0.609. The summed E-state index contributed by atoms with van der Waals surface area (Å²) in [5.41, 5.74) is 1.04. The first-order chi connectivity index (χ1) is 9.22. The number of hydrogen-bond donors (Lipinski definition) is 2. The lowest BCUT2D eigenvalue weighted by molar-refractivity contribution is -0.384. The number of carbonyl (C=O) groups excluding carboxylic acids is 2. The second-order valence-corrected chi connectivity index (χ2v) is 3.86. The lowest BCUT2D eigenvalue weighted by Gasteiger charge is -2.17. The predicted octanol–water partition coefficient (Wildman–Crippen LogP) is 0.416. The summed E-state index contributed by atoms with van der Waals surface area (Å²) in [5, 5.41) is 20.4. The van der Waals surface area contributed by atoms with E-state index in [4.69, 9.17) is 5.11 Å². The molecule has 0 spiro atoms. The maximum atomic E-state index is 11.9. The SMILES string of the molecule is CC(=O)NN(C)C(=O)c1cc(C(=O)O)cc([N+](=O)[O-])c1. The summed E-state index contributed by atoms with van der Waals surface area (Å²) in [7, 11) is 1.24. The second-order valence-electron chi connectivity index (χ2n) is 3.86. The Balaban J connectivity index is 3.23. The first-order valence-corrected chi connectivity index (χ1v) is 5.30. The van der Waals surface area contributed by atoms with E-state index in [1.165, 1.54) is 14.0 Å². The third kappa shape index (κ3) is 3.51. The number of non-ortho nitro benzene ring substituents is 1. The highest BCUT2D eigenvalue weighted by atomic mass is 16.6. The van der Waals surface area contributed by atoms with Gasteiger partial charge < -0.3 is 5.11 Å². The molecule has 0 radical (unpaired) electrons. The van der Waals surface area contributed by atoms with E-state index in [2.05, 4.69) is 5.43 Å². The summed E-state index contributed by atoms with van der Waals surface area (Å²) < 4.78 is 0. The number of nitrogens with one attached hydrogen (secondary N) is 1. The van der Waals surface area contributed by atoms with Gasteiger partial charge in [-0.05, 0) is 6.07 Å². The molecular weight excluding hydrogens is 270 g/mol. The number of rotatable bonds is 3. The monoisotopic (exact) mass is 281 g/mol. The first kappa shape index (κ1) is 15.1. The smallest absolute Gasteiger partial charge is 0.335 e. The summed E-state index contributed by atoms with van der Waals surface area (Å²) in [6.45, 7) is 1.18. The lowest BCUT2D eigenvalue weighted by Crippen LogP contribution is -2.42. The largest absolute Gasteiger partial charge is 0.478 e. The molecule has 0 aliphatic heterocycles. The third-order valence-corrected chi connectivity index (χ3v) is 2.25. The Morgan fingerprint density at radius 2 is 1.80 bits per heavy atom. The highest BCUT2D eigenvalue weighted by Gasteiger charge is 2.20. The number of carboxylic acids is 1. The topological polar surface area (TPSA) is 130 Å². The van der Waals surface area contributed by atoms with Crippen molar-refractivity contribution < 1.29 is 24.4 Å². The Kier molecular flexibility index (Phi) is 4.36. The van der Waals surface area contributed by atoms with Crippen molar-refractivity contribution in [2.24, 2.45) is 0 Å². The van der Waals surface area contributed by atoms with Crippen molar-refractivity contribution in [1.82, 2.24) is 10.4 Å². The molecule has 0 heterocycles. The Morgan fingerprint density at radius 3 is 2.25 bits per heavy atom.